The SMILES string of the molecule is CC(C)C[C@@H](N)C(=O)N[C@@H](C)C(=O)N[C@@H](CC[S+](C)[O-])C(=O)O. The Morgan fingerprint density at radius 1 is 1.17 bits per heavy atom. The standard InChI is InChI=1S/C14H27N3O5S/c1-8(2)7-10(15)13(19)16-9(3)12(18)17-11(14(20)21)5-6-23(4)22/h8-11H,5-7,15H2,1-4H3,(H,16,19)(H,17,18)(H,20,21)/t9-,10+,11-,23?/m0/s1. The molecule has 0 aromatic rings. The van der Waals surface area contributed by atoms with Crippen molar-refractivity contribution in [2.24, 2.45) is 11.7 Å². The lowest BCUT2D eigenvalue weighted by molar-refractivity contribution is -0.142. The van der Waals surface area contributed by atoms with Gasteiger partial charge in [-0.1, -0.05) is 25.0 Å². The largest absolute Gasteiger partial charge is 0.617 e. The molecular formula is C14H27N3O5S. The van der Waals surface area contributed by atoms with Crippen molar-refractivity contribution in [1.82, 2.24) is 10.6 Å². The maximum Gasteiger partial charge on any atom is 0.326 e. The van der Waals surface area contributed by atoms with Gasteiger partial charge < -0.3 is 26.0 Å². The van der Waals surface area contributed by atoms with Crippen LogP contribution in [-0.4, -0.2) is 57.6 Å². The van der Waals surface area contributed by atoms with E-state index in [1.54, 1.807) is 0 Å². The Kier molecular flexibility index (Phi) is 9.85. The van der Waals surface area contributed by atoms with E-state index >= 15 is 0 Å². The Balaban J connectivity index is 4.51. The Labute approximate surface area is 139 Å². The van der Waals surface area contributed by atoms with Crippen LogP contribution in [0.2, 0.25) is 0 Å². The number of carbonyl (C=O) groups excluding carboxylic acids is 2. The van der Waals surface area contributed by atoms with Gasteiger partial charge in [-0.3, -0.25) is 9.59 Å². The first kappa shape index (κ1) is 21.7. The second-order valence-corrected chi connectivity index (χ2v) is 7.49. The number of carbonyl (C=O) groups is 3. The van der Waals surface area contributed by atoms with Gasteiger partial charge in [-0.2, -0.15) is 0 Å². The predicted molar refractivity (Wildman–Crippen MR) is 88.2 cm³/mol. The number of hydrogen-bond acceptors (Lipinski definition) is 5. The molecule has 0 bridgehead atoms. The van der Waals surface area contributed by atoms with Crippen LogP contribution in [0.3, 0.4) is 0 Å². The summed E-state index contributed by atoms with van der Waals surface area (Å²) in [5, 5.41) is 13.9. The zero-order valence-electron chi connectivity index (χ0n) is 14.0. The highest BCUT2D eigenvalue weighted by Crippen LogP contribution is 2.03. The summed E-state index contributed by atoms with van der Waals surface area (Å²) in [7, 11) is 0. The highest BCUT2D eigenvalue weighted by atomic mass is 32.2. The molecular weight excluding hydrogens is 322 g/mol. The average molecular weight is 349 g/mol. The Morgan fingerprint density at radius 3 is 2.17 bits per heavy atom. The molecule has 9 heteroatoms. The molecule has 0 rings (SSSR count). The molecule has 0 fully saturated rings. The first-order valence-corrected chi connectivity index (χ1v) is 9.16. The van der Waals surface area contributed by atoms with Crippen molar-refractivity contribution in [2.45, 2.75) is 51.7 Å². The molecule has 0 heterocycles. The molecule has 0 aromatic heterocycles. The van der Waals surface area contributed by atoms with Crippen LogP contribution in [0.1, 0.15) is 33.6 Å². The van der Waals surface area contributed by atoms with Crippen molar-refractivity contribution in [3.05, 3.63) is 0 Å². The number of hydrogen-bond donors (Lipinski definition) is 4. The highest BCUT2D eigenvalue weighted by molar-refractivity contribution is 7.90. The van der Waals surface area contributed by atoms with Crippen LogP contribution >= 0.6 is 0 Å². The summed E-state index contributed by atoms with van der Waals surface area (Å²) in [6.45, 7) is 5.31. The van der Waals surface area contributed by atoms with E-state index in [9.17, 15) is 18.9 Å². The van der Waals surface area contributed by atoms with Gasteiger partial charge in [0.1, 0.15) is 17.8 Å². The molecule has 0 saturated carbocycles. The molecule has 134 valence electrons. The Morgan fingerprint density at radius 2 is 1.74 bits per heavy atom. The van der Waals surface area contributed by atoms with Crippen molar-refractivity contribution in [1.29, 1.82) is 0 Å². The van der Waals surface area contributed by atoms with Crippen LogP contribution in [0.15, 0.2) is 0 Å². The molecule has 23 heavy (non-hydrogen) atoms. The summed E-state index contributed by atoms with van der Waals surface area (Å²) in [5.41, 5.74) is 5.73. The summed E-state index contributed by atoms with van der Waals surface area (Å²) in [6, 6.07) is -2.77. The summed E-state index contributed by atoms with van der Waals surface area (Å²) in [6.07, 6.45) is 2.00. The second kappa shape index (κ2) is 10.5. The number of rotatable bonds is 10. The third-order valence-electron chi connectivity index (χ3n) is 3.12. The fourth-order valence-corrected chi connectivity index (χ4v) is 2.41. The maximum atomic E-state index is 12.0. The van der Waals surface area contributed by atoms with Gasteiger partial charge in [0.2, 0.25) is 11.8 Å². The predicted octanol–water partition coefficient (Wildman–Crippen LogP) is -0.797. The molecule has 5 N–H and O–H groups in total. The van der Waals surface area contributed by atoms with Crippen molar-refractivity contribution in [2.75, 3.05) is 12.0 Å². The molecule has 0 aliphatic heterocycles. The summed E-state index contributed by atoms with van der Waals surface area (Å²) in [4.78, 5) is 34.9. The van der Waals surface area contributed by atoms with Crippen molar-refractivity contribution >= 4 is 29.0 Å². The maximum absolute atomic E-state index is 12.0. The molecule has 0 aliphatic rings. The van der Waals surface area contributed by atoms with E-state index in [1.807, 2.05) is 13.8 Å². The number of aliphatic carboxylic acids is 1. The monoisotopic (exact) mass is 349 g/mol. The molecule has 0 spiro atoms. The van der Waals surface area contributed by atoms with Crippen LogP contribution in [0, 0.1) is 5.92 Å². The van der Waals surface area contributed by atoms with Gasteiger partial charge >= 0.3 is 5.97 Å². The van der Waals surface area contributed by atoms with Gasteiger partial charge in [-0.15, -0.1) is 0 Å². The van der Waals surface area contributed by atoms with Crippen LogP contribution in [-0.2, 0) is 25.6 Å². The summed E-state index contributed by atoms with van der Waals surface area (Å²) >= 11 is -1.15. The Bertz CT molecular complexity index is 417. The van der Waals surface area contributed by atoms with Crippen LogP contribution in [0.5, 0.6) is 0 Å². The van der Waals surface area contributed by atoms with Crippen LogP contribution < -0.4 is 16.4 Å². The molecule has 0 aliphatic carbocycles. The van der Waals surface area contributed by atoms with E-state index in [1.165, 1.54) is 13.2 Å². The lowest BCUT2D eigenvalue weighted by Gasteiger charge is -2.20. The van der Waals surface area contributed by atoms with Gasteiger partial charge in [-0.25, -0.2) is 4.79 Å². The average Bonchev–Trinajstić information content (AvgIpc) is 2.41. The third kappa shape index (κ3) is 9.42. The summed E-state index contributed by atoms with van der Waals surface area (Å²) in [5.74, 6) is -1.88. The van der Waals surface area contributed by atoms with E-state index in [4.69, 9.17) is 10.8 Å². The molecule has 0 aromatic carbocycles. The number of carboxylic acids is 1. The molecule has 4 atom stereocenters. The summed E-state index contributed by atoms with van der Waals surface area (Å²) < 4.78 is 11.0. The third-order valence-corrected chi connectivity index (χ3v) is 3.93. The lowest BCUT2D eigenvalue weighted by Crippen LogP contribution is -2.53. The minimum Gasteiger partial charge on any atom is -0.617 e. The topological polar surface area (TPSA) is 145 Å². The number of nitrogens with one attached hydrogen (secondary N) is 2. The number of amides is 2. The molecule has 2 amide bonds. The normalized spacial score (nSPS) is 16.3. The van der Waals surface area contributed by atoms with Crippen LogP contribution in [0.4, 0.5) is 0 Å². The Hall–Kier alpha value is -1.32. The first-order valence-electron chi connectivity index (χ1n) is 7.43. The van der Waals surface area contributed by atoms with Crippen LogP contribution in [0.25, 0.3) is 0 Å². The van der Waals surface area contributed by atoms with E-state index < -0.39 is 47.1 Å². The quantitative estimate of drug-likeness (QED) is 0.380. The number of carboxylic acid groups (broad SMARTS) is 1. The molecule has 1 unspecified atom stereocenters. The number of nitrogens with two attached hydrogens (primary N) is 1. The fraction of sp³-hybridized carbons (Fsp3) is 0.786. The second-order valence-electron chi connectivity index (χ2n) is 5.93. The van der Waals surface area contributed by atoms with Gasteiger partial charge in [0.15, 0.2) is 0 Å². The zero-order valence-corrected chi connectivity index (χ0v) is 14.8. The zero-order chi connectivity index (χ0) is 18.2. The highest BCUT2D eigenvalue weighted by Gasteiger charge is 2.26. The van der Waals surface area contributed by atoms with Crippen molar-refractivity contribution in [3.63, 3.8) is 0 Å². The smallest absolute Gasteiger partial charge is 0.326 e. The van der Waals surface area contributed by atoms with E-state index in [2.05, 4.69) is 10.6 Å². The van der Waals surface area contributed by atoms with E-state index in [0.717, 1.165) is 0 Å². The van der Waals surface area contributed by atoms with Crippen molar-refractivity contribution < 1.29 is 24.0 Å². The van der Waals surface area contributed by atoms with Gasteiger partial charge in [0, 0.05) is 6.42 Å². The molecule has 0 saturated heterocycles. The van der Waals surface area contributed by atoms with Gasteiger partial charge in [0.05, 0.1) is 12.3 Å². The molecule has 8 nitrogen and oxygen atoms in total. The lowest BCUT2D eigenvalue weighted by atomic mass is 10.0. The van der Waals surface area contributed by atoms with Crippen molar-refractivity contribution in [3.8, 4) is 0 Å². The minimum absolute atomic E-state index is 0.0533. The first-order chi connectivity index (χ1) is 10.5. The van der Waals surface area contributed by atoms with Gasteiger partial charge in [-0.05, 0) is 19.3 Å². The minimum atomic E-state index is -1.21. The van der Waals surface area contributed by atoms with Gasteiger partial charge in [0.25, 0.3) is 0 Å². The van der Waals surface area contributed by atoms with E-state index in [0.29, 0.717) is 6.42 Å². The van der Waals surface area contributed by atoms with E-state index in [-0.39, 0.29) is 18.1 Å². The molecule has 0 radical (unpaired) electrons. The fourth-order valence-electron chi connectivity index (χ4n) is 1.84.